The molecule has 0 atom stereocenters. The van der Waals surface area contributed by atoms with Gasteiger partial charge in [0, 0.05) is 5.56 Å². The van der Waals surface area contributed by atoms with E-state index in [1.54, 1.807) is 12.1 Å². The number of oxime groups is 1. The lowest BCUT2D eigenvalue weighted by Crippen LogP contribution is -2.18. The Labute approximate surface area is 109 Å². The molecule has 7 nitrogen and oxygen atoms in total. The van der Waals surface area contributed by atoms with E-state index in [2.05, 4.69) is 20.7 Å². The number of hydrogen-bond acceptors (Lipinski definition) is 4. The molecular weight excluding hydrogens is 246 g/mol. The molecule has 0 spiro atoms. The minimum atomic E-state index is -0.309. The van der Waals surface area contributed by atoms with Crippen LogP contribution in [0.2, 0.25) is 0 Å². The maximum Gasteiger partial charge on any atom is 0.256 e. The molecule has 2 aromatic rings. The van der Waals surface area contributed by atoms with Crippen LogP contribution >= 0.6 is 0 Å². The summed E-state index contributed by atoms with van der Waals surface area (Å²) in [6.45, 7) is 1.94. The number of carbonyl (C=O) groups excluding carboxylic acids is 1. The van der Waals surface area contributed by atoms with Crippen molar-refractivity contribution < 1.29 is 10.0 Å². The summed E-state index contributed by atoms with van der Waals surface area (Å²) in [7, 11) is 0. The van der Waals surface area contributed by atoms with E-state index in [1.807, 2.05) is 19.1 Å². The van der Waals surface area contributed by atoms with Gasteiger partial charge in [0.25, 0.3) is 5.91 Å². The first-order valence-electron chi connectivity index (χ1n) is 5.51. The summed E-state index contributed by atoms with van der Waals surface area (Å²) in [5.41, 5.74) is 7.36. The standard InChI is InChI=1S/C12H13N5O2/c1-7-2-4-8(5-3-7)12(18)15-11-9(6-14-16-11)10(13)17-19/h2-6,19H,1H3,(H2,13,17)(H2,14,15,16,18). The largest absolute Gasteiger partial charge is 0.409 e. The minimum Gasteiger partial charge on any atom is -0.409 e. The van der Waals surface area contributed by atoms with Gasteiger partial charge in [0.1, 0.15) is 5.82 Å². The van der Waals surface area contributed by atoms with Crippen molar-refractivity contribution in [3.05, 3.63) is 47.2 Å². The van der Waals surface area contributed by atoms with Crippen molar-refractivity contribution in [1.29, 1.82) is 0 Å². The fourth-order valence-electron chi connectivity index (χ4n) is 1.52. The molecule has 1 heterocycles. The smallest absolute Gasteiger partial charge is 0.256 e. The monoisotopic (exact) mass is 259 g/mol. The lowest BCUT2D eigenvalue weighted by atomic mass is 10.1. The number of anilines is 1. The number of nitrogens with zero attached hydrogens (tertiary/aromatic N) is 2. The summed E-state index contributed by atoms with van der Waals surface area (Å²) >= 11 is 0. The highest BCUT2D eigenvalue weighted by Gasteiger charge is 2.13. The van der Waals surface area contributed by atoms with E-state index in [0.29, 0.717) is 11.1 Å². The number of rotatable bonds is 3. The van der Waals surface area contributed by atoms with Crippen LogP contribution in [0.15, 0.2) is 35.6 Å². The third kappa shape index (κ3) is 2.71. The van der Waals surface area contributed by atoms with Crippen molar-refractivity contribution >= 4 is 17.6 Å². The molecule has 0 aliphatic heterocycles. The number of hydrogen-bond donors (Lipinski definition) is 4. The van der Waals surface area contributed by atoms with Crippen molar-refractivity contribution in [1.82, 2.24) is 10.2 Å². The lowest BCUT2D eigenvalue weighted by Gasteiger charge is -2.05. The normalized spacial score (nSPS) is 11.3. The van der Waals surface area contributed by atoms with E-state index >= 15 is 0 Å². The van der Waals surface area contributed by atoms with Crippen LogP contribution in [-0.2, 0) is 0 Å². The second-order valence-electron chi connectivity index (χ2n) is 3.96. The number of carbonyl (C=O) groups is 1. The van der Waals surface area contributed by atoms with Crippen molar-refractivity contribution in [2.45, 2.75) is 6.92 Å². The maximum atomic E-state index is 12.0. The molecule has 0 saturated heterocycles. The summed E-state index contributed by atoms with van der Waals surface area (Å²) < 4.78 is 0. The van der Waals surface area contributed by atoms with Crippen molar-refractivity contribution in [2.24, 2.45) is 10.9 Å². The molecule has 7 heteroatoms. The Hall–Kier alpha value is -2.83. The minimum absolute atomic E-state index is 0.132. The van der Waals surface area contributed by atoms with Gasteiger partial charge < -0.3 is 16.3 Å². The SMILES string of the molecule is Cc1ccc(C(=O)Nc2[nH]ncc2C(N)=NO)cc1. The Morgan fingerprint density at radius 1 is 1.42 bits per heavy atom. The van der Waals surface area contributed by atoms with Crippen molar-refractivity contribution in [3.63, 3.8) is 0 Å². The van der Waals surface area contributed by atoms with Gasteiger partial charge in [-0.05, 0) is 19.1 Å². The van der Waals surface area contributed by atoms with E-state index in [4.69, 9.17) is 10.9 Å². The zero-order chi connectivity index (χ0) is 13.8. The van der Waals surface area contributed by atoms with Crippen LogP contribution < -0.4 is 11.1 Å². The zero-order valence-electron chi connectivity index (χ0n) is 10.2. The van der Waals surface area contributed by atoms with E-state index in [9.17, 15) is 4.79 Å². The van der Waals surface area contributed by atoms with Crippen LogP contribution in [-0.4, -0.2) is 27.1 Å². The molecule has 98 valence electrons. The molecule has 0 aliphatic rings. The van der Waals surface area contributed by atoms with Crippen LogP contribution in [0.5, 0.6) is 0 Å². The molecule has 1 aromatic heterocycles. The molecule has 1 aromatic carbocycles. The Kier molecular flexibility index (Phi) is 3.46. The average Bonchev–Trinajstić information content (AvgIpc) is 2.86. The first kappa shape index (κ1) is 12.6. The fourth-order valence-corrected chi connectivity index (χ4v) is 1.52. The zero-order valence-corrected chi connectivity index (χ0v) is 10.2. The number of nitrogens with two attached hydrogens (primary N) is 1. The second-order valence-corrected chi connectivity index (χ2v) is 3.96. The van der Waals surface area contributed by atoms with E-state index < -0.39 is 0 Å². The molecular formula is C12H13N5O2. The van der Waals surface area contributed by atoms with Gasteiger partial charge in [-0.15, -0.1) is 0 Å². The lowest BCUT2D eigenvalue weighted by molar-refractivity contribution is 0.102. The first-order valence-corrected chi connectivity index (χ1v) is 5.51. The first-order chi connectivity index (χ1) is 9.11. The van der Waals surface area contributed by atoms with Gasteiger partial charge in [-0.1, -0.05) is 22.9 Å². The third-order valence-corrected chi connectivity index (χ3v) is 2.58. The van der Waals surface area contributed by atoms with Crippen molar-refractivity contribution in [3.8, 4) is 0 Å². The topological polar surface area (TPSA) is 116 Å². The number of nitrogens with one attached hydrogen (secondary N) is 2. The highest BCUT2D eigenvalue weighted by molar-refractivity contribution is 6.08. The van der Waals surface area contributed by atoms with E-state index in [0.717, 1.165) is 5.56 Å². The van der Waals surface area contributed by atoms with E-state index in [-0.39, 0.29) is 17.6 Å². The Morgan fingerprint density at radius 2 is 2.11 bits per heavy atom. The van der Waals surface area contributed by atoms with Gasteiger partial charge in [-0.2, -0.15) is 5.10 Å². The van der Waals surface area contributed by atoms with Crippen molar-refractivity contribution in [2.75, 3.05) is 5.32 Å². The van der Waals surface area contributed by atoms with Gasteiger partial charge >= 0.3 is 0 Å². The molecule has 0 unspecified atom stereocenters. The number of amidine groups is 1. The number of aryl methyl sites for hydroxylation is 1. The highest BCUT2D eigenvalue weighted by Crippen LogP contribution is 2.12. The Morgan fingerprint density at radius 3 is 2.74 bits per heavy atom. The van der Waals surface area contributed by atoms with Crippen LogP contribution in [0.25, 0.3) is 0 Å². The molecule has 0 saturated carbocycles. The highest BCUT2D eigenvalue weighted by atomic mass is 16.4. The molecule has 0 bridgehead atoms. The van der Waals surface area contributed by atoms with Crippen LogP contribution in [0.3, 0.4) is 0 Å². The molecule has 0 fully saturated rings. The predicted octanol–water partition coefficient (Wildman–Crippen LogP) is 1.06. The average molecular weight is 259 g/mol. The number of benzene rings is 1. The maximum absolute atomic E-state index is 12.0. The molecule has 2 rings (SSSR count). The Balaban J connectivity index is 2.20. The fraction of sp³-hybridized carbons (Fsp3) is 0.0833. The molecule has 0 radical (unpaired) electrons. The molecule has 5 N–H and O–H groups in total. The van der Waals surface area contributed by atoms with Gasteiger partial charge in [-0.25, -0.2) is 0 Å². The Bertz CT molecular complexity index is 615. The quantitative estimate of drug-likeness (QED) is 0.285. The number of aromatic amines is 1. The number of H-pyrrole nitrogens is 1. The van der Waals surface area contributed by atoms with Gasteiger partial charge in [0.05, 0.1) is 11.8 Å². The molecule has 19 heavy (non-hydrogen) atoms. The summed E-state index contributed by atoms with van der Waals surface area (Å²) in [5.74, 6) is -0.162. The molecule has 0 aliphatic carbocycles. The summed E-state index contributed by atoms with van der Waals surface area (Å²) in [6, 6.07) is 7.10. The number of aromatic nitrogens is 2. The third-order valence-electron chi connectivity index (χ3n) is 2.58. The van der Waals surface area contributed by atoms with Gasteiger partial charge in [0.2, 0.25) is 0 Å². The summed E-state index contributed by atoms with van der Waals surface area (Å²) in [5, 5.41) is 20.4. The number of amides is 1. The van der Waals surface area contributed by atoms with E-state index in [1.165, 1.54) is 6.20 Å². The summed E-state index contributed by atoms with van der Waals surface area (Å²) in [4.78, 5) is 12.0. The van der Waals surface area contributed by atoms with Gasteiger partial charge in [0.15, 0.2) is 5.84 Å². The van der Waals surface area contributed by atoms with Crippen LogP contribution in [0.1, 0.15) is 21.5 Å². The predicted molar refractivity (Wildman–Crippen MR) is 70.2 cm³/mol. The molecule has 1 amide bonds. The van der Waals surface area contributed by atoms with Crippen LogP contribution in [0, 0.1) is 6.92 Å². The second kappa shape index (κ2) is 5.21. The van der Waals surface area contributed by atoms with Gasteiger partial charge in [-0.3, -0.25) is 9.89 Å². The summed E-state index contributed by atoms with van der Waals surface area (Å²) in [6.07, 6.45) is 1.36. The van der Waals surface area contributed by atoms with Crippen LogP contribution in [0.4, 0.5) is 5.82 Å².